The smallest absolute Gasteiger partial charge is 0.255 e. The molecule has 2 N–H and O–H groups in total. The highest BCUT2D eigenvalue weighted by atomic mass is 79.9. The van der Waals surface area contributed by atoms with E-state index in [1.807, 2.05) is 24.3 Å². The largest absolute Gasteiger partial charge is 0.326 e. The Morgan fingerprint density at radius 2 is 1.43 bits per heavy atom. The Kier molecular flexibility index (Phi) is 5.11. The van der Waals surface area contributed by atoms with E-state index in [4.69, 9.17) is 0 Å². The van der Waals surface area contributed by atoms with Crippen LogP contribution in [0.4, 0.5) is 11.4 Å². The molecule has 5 heteroatoms. The number of hydrogen-bond acceptors (Lipinski definition) is 2. The van der Waals surface area contributed by atoms with Crippen LogP contribution in [0.25, 0.3) is 0 Å². The molecule has 0 aromatic heterocycles. The second kappa shape index (κ2) is 7.04. The van der Waals surface area contributed by atoms with E-state index in [1.54, 1.807) is 31.2 Å². The minimum Gasteiger partial charge on any atom is -0.326 e. The molecule has 2 rings (SSSR count). The first kappa shape index (κ1) is 15.3. The number of amides is 2. The molecule has 2 aromatic carbocycles. The van der Waals surface area contributed by atoms with Gasteiger partial charge in [0, 0.05) is 27.8 Å². The Bertz CT molecular complexity index is 636. The first-order chi connectivity index (χ1) is 10.1. The second-order valence-corrected chi connectivity index (χ2v) is 5.36. The number of anilines is 2. The fourth-order valence-electron chi connectivity index (χ4n) is 1.69. The molecule has 2 amide bonds. The fraction of sp³-hybridized carbons (Fsp3) is 0.125. The summed E-state index contributed by atoms with van der Waals surface area (Å²) < 4.78 is 0.955. The van der Waals surface area contributed by atoms with Gasteiger partial charge in [-0.2, -0.15) is 0 Å². The van der Waals surface area contributed by atoms with Crippen molar-refractivity contribution in [2.45, 2.75) is 13.3 Å². The lowest BCUT2D eigenvalue weighted by atomic mass is 10.2. The molecule has 0 saturated carbocycles. The highest BCUT2D eigenvalue weighted by Crippen LogP contribution is 2.16. The summed E-state index contributed by atoms with van der Waals surface area (Å²) in [7, 11) is 0. The Hall–Kier alpha value is -2.14. The van der Waals surface area contributed by atoms with Crippen LogP contribution in [0.15, 0.2) is 53.0 Å². The van der Waals surface area contributed by atoms with Gasteiger partial charge in [-0.05, 0) is 48.5 Å². The van der Waals surface area contributed by atoms with Gasteiger partial charge >= 0.3 is 0 Å². The minimum absolute atomic E-state index is 0.0536. The van der Waals surface area contributed by atoms with Gasteiger partial charge in [-0.3, -0.25) is 9.59 Å². The monoisotopic (exact) mass is 346 g/mol. The molecule has 0 aliphatic heterocycles. The van der Waals surface area contributed by atoms with Crippen LogP contribution in [-0.4, -0.2) is 11.8 Å². The lowest BCUT2D eigenvalue weighted by molar-refractivity contribution is -0.115. The van der Waals surface area contributed by atoms with E-state index < -0.39 is 0 Å². The number of benzene rings is 2. The van der Waals surface area contributed by atoms with Gasteiger partial charge in [-0.1, -0.05) is 22.9 Å². The summed E-state index contributed by atoms with van der Waals surface area (Å²) in [6, 6.07) is 14.1. The standard InChI is InChI=1S/C16H15BrN2O2/c1-2-15(20)18-13-7-3-11(4-8-13)16(21)19-14-9-5-12(17)6-10-14/h3-10H,2H2,1H3,(H,18,20)(H,19,21). The molecule has 2 aromatic rings. The van der Waals surface area contributed by atoms with Gasteiger partial charge in [0.2, 0.25) is 5.91 Å². The number of carbonyl (C=O) groups excluding carboxylic acids is 2. The van der Waals surface area contributed by atoms with Gasteiger partial charge in [-0.25, -0.2) is 0 Å². The minimum atomic E-state index is -0.189. The molecule has 0 spiro atoms. The maximum absolute atomic E-state index is 12.1. The van der Waals surface area contributed by atoms with Crippen molar-refractivity contribution < 1.29 is 9.59 Å². The molecule has 108 valence electrons. The van der Waals surface area contributed by atoms with E-state index in [2.05, 4.69) is 26.6 Å². The van der Waals surface area contributed by atoms with Gasteiger partial charge < -0.3 is 10.6 Å². The van der Waals surface area contributed by atoms with Crippen LogP contribution in [0.5, 0.6) is 0 Å². The number of carbonyl (C=O) groups is 2. The summed E-state index contributed by atoms with van der Waals surface area (Å²) in [6.45, 7) is 1.79. The summed E-state index contributed by atoms with van der Waals surface area (Å²) >= 11 is 3.34. The van der Waals surface area contributed by atoms with Crippen molar-refractivity contribution in [3.05, 3.63) is 58.6 Å². The Labute approximate surface area is 131 Å². The predicted molar refractivity (Wildman–Crippen MR) is 87.5 cm³/mol. The first-order valence-electron chi connectivity index (χ1n) is 6.55. The second-order valence-electron chi connectivity index (χ2n) is 4.44. The number of nitrogens with one attached hydrogen (secondary N) is 2. The average molecular weight is 347 g/mol. The lowest BCUT2D eigenvalue weighted by Crippen LogP contribution is -2.12. The maximum atomic E-state index is 12.1. The molecule has 0 aliphatic carbocycles. The topological polar surface area (TPSA) is 58.2 Å². The summed E-state index contributed by atoms with van der Waals surface area (Å²) in [5, 5.41) is 5.55. The van der Waals surface area contributed by atoms with Crippen molar-refractivity contribution in [1.29, 1.82) is 0 Å². The van der Waals surface area contributed by atoms with E-state index in [1.165, 1.54) is 0 Å². The summed E-state index contributed by atoms with van der Waals surface area (Å²) in [5.74, 6) is -0.243. The third-order valence-corrected chi connectivity index (χ3v) is 3.38. The van der Waals surface area contributed by atoms with Crippen molar-refractivity contribution in [1.82, 2.24) is 0 Å². The van der Waals surface area contributed by atoms with Crippen LogP contribution in [0.1, 0.15) is 23.7 Å². The van der Waals surface area contributed by atoms with Gasteiger partial charge in [0.1, 0.15) is 0 Å². The van der Waals surface area contributed by atoms with Crippen molar-refractivity contribution in [2.75, 3.05) is 10.6 Å². The number of rotatable bonds is 4. The van der Waals surface area contributed by atoms with Crippen molar-refractivity contribution in [3.63, 3.8) is 0 Å². The molecule has 0 bridgehead atoms. The fourth-order valence-corrected chi connectivity index (χ4v) is 1.96. The van der Waals surface area contributed by atoms with E-state index in [0.717, 1.165) is 10.2 Å². The molecule has 4 nitrogen and oxygen atoms in total. The number of hydrogen-bond donors (Lipinski definition) is 2. The summed E-state index contributed by atoms with van der Waals surface area (Å²) in [4.78, 5) is 23.4. The number of halogens is 1. The summed E-state index contributed by atoms with van der Waals surface area (Å²) in [6.07, 6.45) is 0.422. The molecule has 0 unspecified atom stereocenters. The lowest BCUT2D eigenvalue weighted by Gasteiger charge is -2.07. The molecular formula is C16H15BrN2O2. The van der Waals surface area contributed by atoms with Crippen LogP contribution in [0.2, 0.25) is 0 Å². The zero-order valence-corrected chi connectivity index (χ0v) is 13.1. The highest BCUT2D eigenvalue weighted by molar-refractivity contribution is 9.10. The van der Waals surface area contributed by atoms with Crippen molar-refractivity contribution in [2.24, 2.45) is 0 Å². The van der Waals surface area contributed by atoms with E-state index in [0.29, 0.717) is 17.7 Å². The predicted octanol–water partition coefficient (Wildman–Crippen LogP) is 4.05. The van der Waals surface area contributed by atoms with Gasteiger partial charge in [-0.15, -0.1) is 0 Å². The van der Waals surface area contributed by atoms with Gasteiger partial charge in [0.15, 0.2) is 0 Å². The summed E-state index contributed by atoms with van der Waals surface area (Å²) in [5.41, 5.74) is 1.95. The molecule has 0 radical (unpaired) electrons. The molecule has 21 heavy (non-hydrogen) atoms. The van der Waals surface area contributed by atoms with Crippen LogP contribution >= 0.6 is 15.9 Å². The van der Waals surface area contributed by atoms with Crippen molar-refractivity contribution >= 4 is 39.1 Å². The molecule has 0 saturated heterocycles. The molecule has 0 aliphatic rings. The van der Waals surface area contributed by atoms with E-state index in [-0.39, 0.29) is 11.8 Å². The van der Waals surface area contributed by atoms with Crippen LogP contribution in [-0.2, 0) is 4.79 Å². The zero-order valence-electron chi connectivity index (χ0n) is 11.5. The third kappa shape index (κ3) is 4.43. The van der Waals surface area contributed by atoms with E-state index in [9.17, 15) is 9.59 Å². The Morgan fingerprint density at radius 3 is 2.00 bits per heavy atom. The zero-order chi connectivity index (χ0) is 15.2. The molecule has 0 atom stereocenters. The first-order valence-corrected chi connectivity index (χ1v) is 7.34. The highest BCUT2D eigenvalue weighted by Gasteiger charge is 2.06. The van der Waals surface area contributed by atoms with Gasteiger partial charge in [0.05, 0.1) is 0 Å². The third-order valence-electron chi connectivity index (χ3n) is 2.85. The van der Waals surface area contributed by atoms with Gasteiger partial charge in [0.25, 0.3) is 5.91 Å². The Balaban J connectivity index is 2.02. The maximum Gasteiger partial charge on any atom is 0.255 e. The van der Waals surface area contributed by atoms with E-state index >= 15 is 0 Å². The molecule has 0 fully saturated rings. The molecule has 0 heterocycles. The normalized spacial score (nSPS) is 10.0. The van der Waals surface area contributed by atoms with Crippen LogP contribution in [0, 0.1) is 0 Å². The SMILES string of the molecule is CCC(=O)Nc1ccc(C(=O)Nc2ccc(Br)cc2)cc1. The Morgan fingerprint density at radius 1 is 0.905 bits per heavy atom. The van der Waals surface area contributed by atoms with Crippen LogP contribution < -0.4 is 10.6 Å². The van der Waals surface area contributed by atoms with Crippen LogP contribution in [0.3, 0.4) is 0 Å². The average Bonchev–Trinajstić information content (AvgIpc) is 2.50. The quantitative estimate of drug-likeness (QED) is 0.877. The van der Waals surface area contributed by atoms with Crippen molar-refractivity contribution in [3.8, 4) is 0 Å². The molecular weight excluding hydrogens is 332 g/mol.